The maximum atomic E-state index is 12.3. The lowest BCUT2D eigenvalue weighted by molar-refractivity contribution is 0.104. The van der Waals surface area contributed by atoms with Gasteiger partial charge in [0.2, 0.25) is 5.78 Å². The summed E-state index contributed by atoms with van der Waals surface area (Å²) in [7, 11) is 1.59. The number of ketones is 1. The molecule has 0 aliphatic heterocycles. The smallest absolute Gasteiger partial charge is 0.203 e. The van der Waals surface area contributed by atoms with Crippen LogP contribution in [0.4, 0.5) is 0 Å². The predicted octanol–water partition coefficient (Wildman–Crippen LogP) is 4.71. The molecule has 1 aromatic heterocycles. The predicted molar refractivity (Wildman–Crippen MR) is 78.2 cm³/mol. The molecule has 1 aromatic carbocycles. The number of aryl methyl sites for hydroxylation is 1. The Morgan fingerprint density at radius 1 is 1.39 bits per heavy atom. The quantitative estimate of drug-likeness (QED) is 0.753. The van der Waals surface area contributed by atoms with Crippen LogP contribution in [0.3, 0.4) is 0 Å². The van der Waals surface area contributed by atoms with Gasteiger partial charge in [-0.05, 0) is 40.5 Å². The Morgan fingerprint density at radius 2 is 2.11 bits per heavy atom. The minimum Gasteiger partial charge on any atom is -0.496 e. The van der Waals surface area contributed by atoms with Crippen molar-refractivity contribution in [2.45, 2.75) is 6.92 Å². The second-order valence-electron chi connectivity index (χ2n) is 3.75. The van der Waals surface area contributed by atoms with Gasteiger partial charge >= 0.3 is 0 Å². The number of thiophene rings is 1. The third-order valence-electron chi connectivity index (χ3n) is 2.54. The van der Waals surface area contributed by atoms with Crippen LogP contribution in [-0.2, 0) is 0 Å². The largest absolute Gasteiger partial charge is 0.496 e. The number of rotatable bonds is 3. The second kappa shape index (κ2) is 5.43. The maximum Gasteiger partial charge on any atom is 0.203 e. The molecular weight excluding hydrogens is 336 g/mol. The zero-order valence-electron chi connectivity index (χ0n) is 9.79. The zero-order chi connectivity index (χ0) is 13.3. The normalized spacial score (nSPS) is 10.4. The maximum absolute atomic E-state index is 12.3. The summed E-state index contributed by atoms with van der Waals surface area (Å²) in [5.74, 6) is 0.661. The first-order chi connectivity index (χ1) is 8.52. The van der Waals surface area contributed by atoms with Gasteiger partial charge in [-0.25, -0.2) is 0 Å². The van der Waals surface area contributed by atoms with Gasteiger partial charge in [0.25, 0.3) is 0 Å². The standard InChI is InChI=1S/C13H10BrClO2S/c1-7-3-4-8(5-10(7)17-2)12(16)11-6-9(14)13(15)18-11/h3-6H,1-2H3. The van der Waals surface area contributed by atoms with Crippen molar-refractivity contribution >= 4 is 44.7 Å². The Morgan fingerprint density at radius 3 is 2.67 bits per heavy atom. The lowest BCUT2D eigenvalue weighted by Crippen LogP contribution is -1.99. The zero-order valence-corrected chi connectivity index (χ0v) is 12.9. The molecule has 0 saturated heterocycles. The van der Waals surface area contributed by atoms with Gasteiger partial charge in [-0.3, -0.25) is 4.79 Å². The van der Waals surface area contributed by atoms with E-state index in [9.17, 15) is 4.79 Å². The Bertz CT molecular complexity index is 588. The van der Waals surface area contributed by atoms with Gasteiger partial charge in [-0.2, -0.15) is 0 Å². The summed E-state index contributed by atoms with van der Waals surface area (Å²) in [6.07, 6.45) is 0. The lowest BCUT2D eigenvalue weighted by Gasteiger charge is -2.06. The first kappa shape index (κ1) is 13.6. The first-order valence-electron chi connectivity index (χ1n) is 5.17. The summed E-state index contributed by atoms with van der Waals surface area (Å²) < 4.78 is 6.54. The van der Waals surface area contributed by atoms with Gasteiger partial charge in [0.15, 0.2) is 0 Å². The van der Waals surface area contributed by atoms with Crippen molar-refractivity contribution in [1.82, 2.24) is 0 Å². The minimum atomic E-state index is -0.0501. The van der Waals surface area contributed by atoms with Gasteiger partial charge in [0.05, 0.1) is 12.0 Å². The van der Waals surface area contributed by atoms with E-state index in [0.29, 0.717) is 20.5 Å². The SMILES string of the molecule is COc1cc(C(=O)c2cc(Br)c(Cl)s2)ccc1C. The molecule has 0 radical (unpaired) electrons. The molecule has 2 rings (SSSR count). The average molecular weight is 346 g/mol. The highest BCUT2D eigenvalue weighted by Gasteiger charge is 2.15. The number of carbonyl (C=O) groups excluding carboxylic acids is 1. The van der Waals surface area contributed by atoms with Crippen LogP contribution in [0.25, 0.3) is 0 Å². The Kier molecular flexibility index (Phi) is 4.10. The van der Waals surface area contributed by atoms with Crippen molar-refractivity contribution in [3.63, 3.8) is 0 Å². The Labute approximate surface area is 123 Å². The Balaban J connectivity index is 2.39. The summed E-state index contributed by atoms with van der Waals surface area (Å²) in [6, 6.07) is 7.15. The molecule has 0 aliphatic rings. The molecule has 1 heterocycles. The third-order valence-corrected chi connectivity index (χ3v) is 5.01. The molecule has 0 unspecified atom stereocenters. The highest BCUT2D eigenvalue weighted by atomic mass is 79.9. The molecular formula is C13H10BrClO2S. The van der Waals surface area contributed by atoms with Crippen LogP contribution >= 0.6 is 38.9 Å². The van der Waals surface area contributed by atoms with E-state index in [4.69, 9.17) is 16.3 Å². The van der Waals surface area contributed by atoms with Crippen LogP contribution in [0.15, 0.2) is 28.7 Å². The summed E-state index contributed by atoms with van der Waals surface area (Å²) in [5.41, 5.74) is 1.60. The molecule has 0 fully saturated rings. The number of hydrogen-bond acceptors (Lipinski definition) is 3. The minimum absolute atomic E-state index is 0.0501. The number of hydrogen-bond donors (Lipinski definition) is 0. The van der Waals surface area contributed by atoms with Crippen molar-refractivity contribution in [1.29, 1.82) is 0 Å². The molecule has 2 nitrogen and oxygen atoms in total. The van der Waals surface area contributed by atoms with Gasteiger partial charge in [-0.1, -0.05) is 23.7 Å². The molecule has 0 saturated carbocycles. The number of ether oxygens (including phenoxy) is 1. The Hall–Kier alpha value is -0.840. The van der Waals surface area contributed by atoms with Crippen LogP contribution in [0.2, 0.25) is 4.34 Å². The molecule has 0 bridgehead atoms. The number of methoxy groups -OCH3 is 1. The van der Waals surface area contributed by atoms with Gasteiger partial charge < -0.3 is 4.74 Å². The highest BCUT2D eigenvalue weighted by molar-refractivity contribution is 9.10. The van der Waals surface area contributed by atoms with E-state index in [1.807, 2.05) is 13.0 Å². The fourth-order valence-corrected chi connectivity index (χ4v) is 3.23. The summed E-state index contributed by atoms with van der Waals surface area (Å²) >= 11 is 10.5. The molecule has 0 amide bonds. The molecule has 0 N–H and O–H groups in total. The monoisotopic (exact) mass is 344 g/mol. The number of halogens is 2. The molecule has 2 aromatic rings. The molecule has 0 aliphatic carbocycles. The van der Waals surface area contributed by atoms with Crippen LogP contribution in [-0.4, -0.2) is 12.9 Å². The molecule has 18 heavy (non-hydrogen) atoms. The number of benzene rings is 1. The van der Waals surface area contributed by atoms with E-state index in [-0.39, 0.29) is 5.78 Å². The second-order valence-corrected chi connectivity index (χ2v) is 6.25. The average Bonchev–Trinajstić information content (AvgIpc) is 2.69. The van der Waals surface area contributed by atoms with Crippen molar-refractivity contribution in [2.75, 3.05) is 7.11 Å². The van der Waals surface area contributed by atoms with Crippen molar-refractivity contribution < 1.29 is 9.53 Å². The van der Waals surface area contributed by atoms with Crippen molar-refractivity contribution in [3.8, 4) is 5.75 Å². The van der Waals surface area contributed by atoms with E-state index < -0.39 is 0 Å². The molecule has 5 heteroatoms. The van der Waals surface area contributed by atoms with Crippen LogP contribution in [0, 0.1) is 6.92 Å². The van der Waals surface area contributed by atoms with E-state index in [0.717, 1.165) is 10.0 Å². The van der Waals surface area contributed by atoms with Gasteiger partial charge in [0, 0.05) is 10.0 Å². The lowest BCUT2D eigenvalue weighted by atomic mass is 10.1. The van der Waals surface area contributed by atoms with Crippen LogP contribution in [0.5, 0.6) is 5.75 Å². The summed E-state index contributed by atoms with van der Waals surface area (Å²) in [6.45, 7) is 1.94. The number of carbonyl (C=O) groups is 1. The molecule has 94 valence electrons. The summed E-state index contributed by atoms with van der Waals surface area (Å²) in [4.78, 5) is 12.9. The summed E-state index contributed by atoms with van der Waals surface area (Å²) in [5, 5.41) is 0. The van der Waals surface area contributed by atoms with Crippen molar-refractivity contribution in [2.24, 2.45) is 0 Å². The molecule has 0 spiro atoms. The fourth-order valence-electron chi connectivity index (χ4n) is 1.56. The fraction of sp³-hybridized carbons (Fsp3) is 0.154. The van der Waals surface area contributed by atoms with Crippen molar-refractivity contribution in [3.05, 3.63) is 49.1 Å². The van der Waals surface area contributed by atoms with Gasteiger partial charge in [-0.15, -0.1) is 11.3 Å². The third kappa shape index (κ3) is 2.60. The molecule has 0 atom stereocenters. The topological polar surface area (TPSA) is 26.3 Å². The van der Waals surface area contributed by atoms with E-state index in [1.54, 1.807) is 25.3 Å². The van der Waals surface area contributed by atoms with Crippen LogP contribution < -0.4 is 4.74 Å². The van der Waals surface area contributed by atoms with Crippen LogP contribution in [0.1, 0.15) is 20.8 Å². The van der Waals surface area contributed by atoms with E-state index in [2.05, 4.69) is 15.9 Å². The van der Waals surface area contributed by atoms with Gasteiger partial charge in [0.1, 0.15) is 10.1 Å². The highest BCUT2D eigenvalue weighted by Crippen LogP contribution is 2.33. The first-order valence-corrected chi connectivity index (χ1v) is 7.16. The van der Waals surface area contributed by atoms with E-state index in [1.165, 1.54) is 11.3 Å². The van der Waals surface area contributed by atoms with E-state index >= 15 is 0 Å².